The second-order valence-electron chi connectivity index (χ2n) is 6.33. The first kappa shape index (κ1) is 20.2. The van der Waals surface area contributed by atoms with E-state index in [0.717, 1.165) is 5.56 Å². The molecule has 0 aliphatic rings. The van der Waals surface area contributed by atoms with Crippen LogP contribution in [0, 0.1) is 11.3 Å². The van der Waals surface area contributed by atoms with Gasteiger partial charge in [-0.05, 0) is 53.6 Å². The van der Waals surface area contributed by atoms with Gasteiger partial charge in [0.25, 0.3) is 0 Å². The van der Waals surface area contributed by atoms with Gasteiger partial charge in [0, 0.05) is 31.0 Å². The first-order valence-corrected chi connectivity index (χ1v) is 10.1. The second kappa shape index (κ2) is 8.65. The largest absolute Gasteiger partial charge is 0.366 e. The van der Waals surface area contributed by atoms with E-state index in [1.807, 2.05) is 6.07 Å². The minimum atomic E-state index is -3.84. The molecule has 0 saturated heterocycles. The quantitative estimate of drug-likeness (QED) is 0.647. The third kappa shape index (κ3) is 4.85. The average molecular weight is 406 g/mol. The molecule has 0 unspecified atom stereocenters. The summed E-state index contributed by atoms with van der Waals surface area (Å²) in [6.45, 7) is 0.212. The van der Waals surface area contributed by atoms with Crippen molar-refractivity contribution in [3.05, 3.63) is 95.3 Å². The Hall–Kier alpha value is -3.54. The summed E-state index contributed by atoms with van der Waals surface area (Å²) in [7, 11) is -3.84. The molecule has 1 amide bonds. The second-order valence-corrected chi connectivity index (χ2v) is 8.27. The van der Waals surface area contributed by atoms with Crippen LogP contribution in [0.2, 0.25) is 0 Å². The van der Waals surface area contributed by atoms with Crippen molar-refractivity contribution in [2.24, 2.45) is 5.73 Å². The van der Waals surface area contributed by atoms with Crippen LogP contribution < -0.4 is 5.73 Å². The van der Waals surface area contributed by atoms with Crippen molar-refractivity contribution < 1.29 is 13.2 Å². The van der Waals surface area contributed by atoms with E-state index in [0.29, 0.717) is 16.7 Å². The Bertz CT molecular complexity index is 1140. The molecular weight excluding hydrogens is 388 g/mol. The number of sulfonamides is 1. The van der Waals surface area contributed by atoms with Gasteiger partial charge in [-0.1, -0.05) is 18.2 Å². The SMILES string of the molecule is N#Cc1ccc(S(=O)(=O)N(Cc2ccc(C(N)=O)cc2)Cc2cccnc2)cc1. The van der Waals surface area contributed by atoms with Crippen molar-refractivity contribution in [1.29, 1.82) is 5.26 Å². The number of nitrogens with two attached hydrogens (primary N) is 1. The predicted molar refractivity (Wildman–Crippen MR) is 107 cm³/mol. The van der Waals surface area contributed by atoms with E-state index in [9.17, 15) is 13.2 Å². The summed E-state index contributed by atoms with van der Waals surface area (Å²) in [5.41, 5.74) is 7.43. The number of nitriles is 1. The maximum Gasteiger partial charge on any atom is 0.248 e. The molecule has 1 heterocycles. The molecule has 3 aromatic rings. The number of rotatable bonds is 7. The fourth-order valence-corrected chi connectivity index (χ4v) is 4.17. The van der Waals surface area contributed by atoms with Gasteiger partial charge in [0.15, 0.2) is 0 Å². The van der Waals surface area contributed by atoms with Crippen LogP contribution in [0.15, 0.2) is 78.0 Å². The lowest BCUT2D eigenvalue weighted by Crippen LogP contribution is -2.30. The topological polar surface area (TPSA) is 117 Å². The smallest absolute Gasteiger partial charge is 0.248 e. The van der Waals surface area contributed by atoms with Gasteiger partial charge in [-0.3, -0.25) is 9.78 Å². The third-order valence-corrected chi connectivity index (χ3v) is 6.11. The van der Waals surface area contributed by atoms with Gasteiger partial charge >= 0.3 is 0 Å². The Kier molecular flexibility index (Phi) is 6.02. The van der Waals surface area contributed by atoms with Crippen LogP contribution in [0.5, 0.6) is 0 Å². The highest BCUT2D eigenvalue weighted by atomic mass is 32.2. The minimum absolute atomic E-state index is 0.0918. The van der Waals surface area contributed by atoms with Crippen molar-refractivity contribution in [2.75, 3.05) is 0 Å². The van der Waals surface area contributed by atoms with E-state index in [2.05, 4.69) is 4.98 Å². The zero-order valence-corrected chi connectivity index (χ0v) is 16.2. The van der Waals surface area contributed by atoms with Crippen molar-refractivity contribution in [2.45, 2.75) is 18.0 Å². The van der Waals surface area contributed by atoms with Crippen molar-refractivity contribution in [3.8, 4) is 6.07 Å². The summed E-state index contributed by atoms with van der Waals surface area (Å²) in [4.78, 5) is 15.4. The Balaban J connectivity index is 1.95. The van der Waals surface area contributed by atoms with Crippen LogP contribution in [0.25, 0.3) is 0 Å². The summed E-state index contributed by atoms with van der Waals surface area (Å²) in [6, 6.07) is 17.8. The molecule has 7 nitrogen and oxygen atoms in total. The lowest BCUT2D eigenvalue weighted by Gasteiger charge is -2.22. The maximum absolute atomic E-state index is 13.3. The molecule has 1 aromatic heterocycles. The molecule has 8 heteroatoms. The first-order valence-electron chi connectivity index (χ1n) is 8.68. The standard InChI is InChI=1S/C21H18N4O3S/c22-12-16-5-9-20(10-6-16)29(27,28)25(15-18-2-1-11-24-13-18)14-17-3-7-19(8-4-17)21(23)26/h1-11,13H,14-15H2,(H2,23,26). The van der Waals surface area contributed by atoms with Crippen LogP contribution in [-0.2, 0) is 23.1 Å². The van der Waals surface area contributed by atoms with Crippen molar-refractivity contribution in [1.82, 2.24) is 9.29 Å². The van der Waals surface area contributed by atoms with Gasteiger partial charge < -0.3 is 5.73 Å². The molecule has 146 valence electrons. The number of amides is 1. The number of primary amides is 1. The Morgan fingerprint density at radius 2 is 1.66 bits per heavy atom. The Morgan fingerprint density at radius 3 is 2.21 bits per heavy atom. The van der Waals surface area contributed by atoms with Gasteiger partial charge in [0.2, 0.25) is 15.9 Å². The molecule has 2 N–H and O–H groups in total. The fourth-order valence-electron chi connectivity index (χ4n) is 2.75. The summed E-state index contributed by atoms with van der Waals surface area (Å²) in [5.74, 6) is -0.547. The van der Waals surface area contributed by atoms with Gasteiger partial charge in [0.1, 0.15) is 0 Å². The van der Waals surface area contributed by atoms with Crippen LogP contribution in [0.4, 0.5) is 0 Å². The van der Waals surface area contributed by atoms with Crippen molar-refractivity contribution in [3.63, 3.8) is 0 Å². The van der Waals surface area contributed by atoms with Crippen LogP contribution >= 0.6 is 0 Å². The molecule has 2 aromatic carbocycles. The normalized spacial score (nSPS) is 11.2. The number of aromatic nitrogens is 1. The summed E-state index contributed by atoms with van der Waals surface area (Å²) >= 11 is 0. The number of hydrogen-bond acceptors (Lipinski definition) is 5. The molecule has 0 fully saturated rings. The van der Waals surface area contributed by atoms with Crippen LogP contribution in [-0.4, -0.2) is 23.6 Å². The van der Waals surface area contributed by atoms with Crippen molar-refractivity contribution >= 4 is 15.9 Å². The van der Waals surface area contributed by atoms with Gasteiger partial charge in [-0.2, -0.15) is 9.57 Å². The van der Waals surface area contributed by atoms with Crippen LogP contribution in [0.3, 0.4) is 0 Å². The summed E-state index contributed by atoms with van der Waals surface area (Å²) in [6.07, 6.45) is 3.23. The molecule has 0 bridgehead atoms. The number of carbonyl (C=O) groups excluding carboxylic acids is 1. The molecule has 0 atom stereocenters. The number of carbonyl (C=O) groups is 1. The molecule has 0 aliphatic carbocycles. The number of pyridine rings is 1. The molecule has 0 radical (unpaired) electrons. The highest BCUT2D eigenvalue weighted by Gasteiger charge is 2.25. The molecule has 0 spiro atoms. The lowest BCUT2D eigenvalue weighted by molar-refractivity contribution is 0.1000. The Labute approximate surface area is 169 Å². The third-order valence-electron chi connectivity index (χ3n) is 4.30. The van der Waals surface area contributed by atoms with Gasteiger partial charge in [-0.15, -0.1) is 0 Å². The summed E-state index contributed by atoms with van der Waals surface area (Å²) < 4.78 is 27.9. The van der Waals surface area contributed by atoms with E-state index in [-0.39, 0.29) is 18.0 Å². The van der Waals surface area contributed by atoms with Gasteiger partial charge in [-0.25, -0.2) is 8.42 Å². The van der Waals surface area contributed by atoms with E-state index in [4.69, 9.17) is 11.0 Å². The molecule has 0 saturated carbocycles. The molecule has 0 aliphatic heterocycles. The zero-order valence-electron chi connectivity index (χ0n) is 15.4. The Morgan fingerprint density at radius 1 is 1.00 bits per heavy atom. The zero-order chi connectivity index (χ0) is 20.9. The first-order chi connectivity index (χ1) is 13.9. The molecule has 3 rings (SSSR count). The monoisotopic (exact) mass is 406 g/mol. The highest BCUT2D eigenvalue weighted by Crippen LogP contribution is 2.21. The lowest BCUT2D eigenvalue weighted by atomic mass is 10.1. The molecular formula is C21H18N4O3S. The number of hydrogen-bond donors (Lipinski definition) is 1. The van der Waals surface area contributed by atoms with E-state index >= 15 is 0 Å². The average Bonchev–Trinajstić information content (AvgIpc) is 2.74. The van der Waals surface area contributed by atoms with E-state index < -0.39 is 15.9 Å². The number of nitrogens with zero attached hydrogens (tertiary/aromatic N) is 3. The predicted octanol–water partition coefficient (Wildman–Crippen LogP) is 2.44. The number of benzene rings is 2. The maximum atomic E-state index is 13.3. The van der Waals surface area contributed by atoms with Gasteiger partial charge in [0.05, 0.1) is 16.5 Å². The molecule has 29 heavy (non-hydrogen) atoms. The summed E-state index contributed by atoms with van der Waals surface area (Å²) in [5, 5.41) is 8.94. The van der Waals surface area contributed by atoms with E-state index in [1.54, 1.807) is 48.8 Å². The van der Waals surface area contributed by atoms with E-state index in [1.165, 1.54) is 28.6 Å². The minimum Gasteiger partial charge on any atom is -0.366 e. The van der Waals surface area contributed by atoms with Crippen LogP contribution in [0.1, 0.15) is 27.0 Å². The highest BCUT2D eigenvalue weighted by molar-refractivity contribution is 7.89. The fraction of sp³-hybridized carbons (Fsp3) is 0.0952.